The van der Waals surface area contributed by atoms with E-state index in [1.807, 2.05) is 25.1 Å². The molecule has 0 aliphatic carbocycles. The molecule has 0 bridgehead atoms. The van der Waals surface area contributed by atoms with Gasteiger partial charge in [0.05, 0.1) is 11.3 Å². The highest BCUT2D eigenvalue weighted by Crippen LogP contribution is 2.29. The van der Waals surface area contributed by atoms with E-state index in [9.17, 15) is 9.90 Å². The highest BCUT2D eigenvalue weighted by Gasteiger charge is 2.15. The summed E-state index contributed by atoms with van der Waals surface area (Å²) in [7, 11) is 0. The maximum absolute atomic E-state index is 11.3. The Morgan fingerprint density at radius 1 is 1.15 bits per heavy atom. The van der Waals surface area contributed by atoms with E-state index >= 15 is 0 Å². The molecule has 2 heterocycles. The zero-order chi connectivity index (χ0) is 14.1. The summed E-state index contributed by atoms with van der Waals surface area (Å²) in [6.45, 7) is 1.96. The van der Waals surface area contributed by atoms with Crippen LogP contribution in [0.3, 0.4) is 0 Å². The summed E-state index contributed by atoms with van der Waals surface area (Å²) in [6.07, 6.45) is 5.14. The zero-order valence-corrected chi connectivity index (χ0v) is 10.9. The van der Waals surface area contributed by atoms with Crippen molar-refractivity contribution in [1.29, 1.82) is 0 Å². The van der Waals surface area contributed by atoms with Crippen LogP contribution < -0.4 is 0 Å². The number of rotatable bonds is 2. The molecule has 20 heavy (non-hydrogen) atoms. The van der Waals surface area contributed by atoms with Crippen LogP contribution in [0, 0.1) is 6.92 Å². The van der Waals surface area contributed by atoms with Crippen molar-refractivity contribution in [3.63, 3.8) is 0 Å². The Balaban J connectivity index is 2.31. The number of aryl methyl sites for hydroxylation is 1. The molecule has 3 aromatic rings. The van der Waals surface area contributed by atoms with Gasteiger partial charge < -0.3 is 5.11 Å². The molecule has 0 saturated carbocycles. The second-order valence-corrected chi connectivity index (χ2v) is 4.54. The van der Waals surface area contributed by atoms with Gasteiger partial charge in [0.2, 0.25) is 0 Å². The van der Waals surface area contributed by atoms with Crippen molar-refractivity contribution in [3.8, 4) is 11.3 Å². The minimum absolute atomic E-state index is 0.207. The number of carbonyl (C=O) groups is 1. The number of pyridine rings is 2. The third-order valence-corrected chi connectivity index (χ3v) is 3.39. The Hall–Kier alpha value is -2.75. The lowest BCUT2D eigenvalue weighted by molar-refractivity contribution is 0.0697. The van der Waals surface area contributed by atoms with Gasteiger partial charge in [0.25, 0.3) is 0 Å². The van der Waals surface area contributed by atoms with Crippen LogP contribution in [-0.2, 0) is 0 Å². The van der Waals surface area contributed by atoms with Crippen LogP contribution >= 0.6 is 0 Å². The van der Waals surface area contributed by atoms with Crippen molar-refractivity contribution in [2.45, 2.75) is 6.92 Å². The molecule has 0 amide bonds. The van der Waals surface area contributed by atoms with E-state index in [1.54, 1.807) is 30.7 Å². The highest BCUT2D eigenvalue weighted by atomic mass is 16.4. The van der Waals surface area contributed by atoms with Crippen LogP contribution in [0.2, 0.25) is 0 Å². The van der Waals surface area contributed by atoms with Crippen molar-refractivity contribution in [2.24, 2.45) is 0 Å². The monoisotopic (exact) mass is 264 g/mol. The summed E-state index contributed by atoms with van der Waals surface area (Å²) in [4.78, 5) is 19.7. The summed E-state index contributed by atoms with van der Waals surface area (Å²) < 4.78 is 0. The normalized spacial score (nSPS) is 10.7. The van der Waals surface area contributed by atoms with Gasteiger partial charge in [-0.2, -0.15) is 0 Å². The Bertz CT molecular complexity index is 812. The van der Waals surface area contributed by atoms with Gasteiger partial charge in [-0.05, 0) is 36.1 Å². The van der Waals surface area contributed by atoms with E-state index in [-0.39, 0.29) is 5.56 Å². The Kier molecular flexibility index (Phi) is 2.91. The Labute approximate surface area is 115 Å². The number of hydrogen-bond donors (Lipinski definition) is 1. The molecule has 0 aliphatic heterocycles. The smallest absolute Gasteiger partial charge is 0.337 e. The van der Waals surface area contributed by atoms with Crippen molar-refractivity contribution in [3.05, 3.63) is 60.0 Å². The standard InChI is InChI=1S/C16H12N2O2/c1-10-12(5-4-11-6-8-17-9-14(10)11)15-13(16(19)20)3-2-7-18-15/h2-9H,1H3,(H,19,20). The summed E-state index contributed by atoms with van der Waals surface area (Å²) in [6, 6.07) is 9.00. The molecule has 0 unspecified atom stereocenters. The molecule has 4 nitrogen and oxygen atoms in total. The Morgan fingerprint density at radius 2 is 2.00 bits per heavy atom. The van der Waals surface area contributed by atoms with Gasteiger partial charge in [0.15, 0.2) is 0 Å². The van der Waals surface area contributed by atoms with Gasteiger partial charge in [-0.15, -0.1) is 0 Å². The molecule has 4 heteroatoms. The predicted molar refractivity (Wildman–Crippen MR) is 76.7 cm³/mol. The summed E-state index contributed by atoms with van der Waals surface area (Å²) in [5, 5.41) is 11.4. The molecule has 0 atom stereocenters. The maximum Gasteiger partial charge on any atom is 0.337 e. The second kappa shape index (κ2) is 4.74. The SMILES string of the molecule is Cc1c(-c2ncccc2C(=O)O)ccc2ccncc12. The molecular weight excluding hydrogens is 252 g/mol. The van der Waals surface area contributed by atoms with Crippen LogP contribution in [0.15, 0.2) is 48.9 Å². The number of fused-ring (bicyclic) bond motifs is 1. The molecule has 1 N–H and O–H groups in total. The first kappa shape index (κ1) is 12.3. The van der Waals surface area contributed by atoms with Crippen molar-refractivity contribution in [2.75, 3.05) is 0 Å². The summed E-state index contributed by atoms with van der Waals surface area (Å²) in [5.41, 5.74) is 2.50. The zero-order valence-electron chi connectivity index (χ0n) is 10.9. The molecule has 2 aromatic heterocycles. The quantitative estimate of drug-likeness (QED) is 0.771. The molecule has 0 spiro atoms. The second-order valence-electron chi connectivity index (χ2n) is 4.54. The summed E-state index contributed by atoms with van der Waals surface area (Å²) in [5.74, 6) is -0.973. The number of hydrogen-bond acceptors (Lipinski definition) is 3. The lowest BCUT2D eigenvalue weighted by Gasteiger charge is -2.10. The number of nitrogens with zero attached hydrogens (tertiary/aromatic N) is 2. The van der Waals surface area contributed by atoms with Crippen LogP contribution in [-0.4, -0.2) is 21.0 Å². The fourth-order valence-corrected chi connectivity index (χ4v) is 2.36. The number of benzene rings is 1. The average Bonchev–Trinajstić information content (AvgIpc) is 2.48. The van der Waals surface area contributed by atoms with E-state index in [0.717, 1.165) is 21.9 Å². The first-order chi connectivity index (χ1) is 9.68. The lowest BCUT2D eigenvalue weighted by Crippen LogP contribution is -2.02. The molecular formula is C16H12N2O2. The summed E-state index contributed by atoms with van der Waals surface area (Å²) >= 11 is 0. The average molecular weight is 264 g/mol. The fourth-order valence-electron chi connectivity index (χ4n) is 2.36. The number of aromatic nitrogens is 2. The van der Waals surface area contributed by atoms with E-state index < -0.39 is 5.97 Å². The Morgan fingerprint density at radius 3 is 2.80 bits per heavy atom. The minimum atomic E-state index is -0.973. The fraction of sp³-hybridized carbons (Fsp3) is 0.0625. The third kappa shape index (κ3) is 1.91. The topological polar surface area (TPSA) is 63.1 Å². The molecule has 0 fully saturated rings. The molecule has 0 radical (unpaired) electrons. The van der Waals surface area contributed by atoms with Gasteiger partial charge in [-0.25, -0.2) is 4.79 Å². The van der Waals surface area contributed by atoms with Gasteiger partial charge in [-0.1, -0.05) is 12.1 Å². The van der Waals surface area contributed by atoms with Crippen LogP contribution in [0.1, 0.15) is 15.9 Å². The molecule has 0 saturated heterocycles. The van der Waals surface area contributed by atoms with Crippen LogP contribution in [0.25, 0.3) is 22.0 Å². The van der Waals surface area contributed by atoms with Crippen molar-refractivity contribution < 1.29 is 9.90 Å². The van der Waals surface area contributed by atoms with Gasteiger partial charge >= 0.3 is 5.97 Å². The third-order valence-electron chi connectivity index (χ3n) is 3.39. The van der Waals surface area contributed by atoms with E-state index in [2.05, 4.69) is 9.97 Å². The first-order valence-corrected chi connectivity index (χ1v) is 6.20. The largest absolute Gasteiger partial charge is 0.478 e. The number of aromatic carboxylic acids is 1. The van der Waals surface area contributed by atoms with Gasteiger partial charge in [0.1, 0.15) is 0 Å². The molecule has 98 valence electrons. The minimum Gasteiger partial charge on any atom is -0.478 e. The lowest BCUT2D eigenvalue weighted by atomic mass is 9.97. The molecule has 0 aliphatic rings. The van der Waals surface area contributed by atoms with E-state index in [0.29, 0.717) is 5.69 Å². The number of carboxylic acid groups (broad SMARTS) is 1. The predicted octanol–water partition coefficient (Wildman–Crippen LogP) is 3.30. The van der Waals surface area contributed by atoms with E-state index in [1.165, 1.54) is 0 Å². The van der Waals surface area contributed by atoms with Gasteiger partial charge in [0, 0.05) is 29.5 Å². The van der Waals surface area contributed by atoms with Crippen LogP contribution in [0.4, 0.5) is 0 Å². The van der Waals surface area contributed by atoms with E-state index in [4.69, 9.17) is 0 Å². The van der Waals surface area contributed by atoms with Crippen molar-refractivity contribution in [1.82, 2.24) is 9.97 Å². The van der Waals surface area contributed by atoms with Gasteiger partial charge in [-0.3, -0.25) is 9.97 Å². The highest BCUT2D eigenvalue weighted by molar-refractivity contribution is 5.98. The number of carboxylic acids is 1. The molecule has 1 aromatic carbocycles. The maximum atomic E-state index is 11.3. The van der Waals surface area contributed by atoms with Crippen LogP contribution in [0.5, 0.6) is 0 Å². The first-order valence-electron chi connectivity index (χ1n) is 6.20. The molecule has 3 rings (SSSR count). The van der Waals surface area contributed by atoms with Crippen molar-refractivity contribution >= 4 is 16.7 Å².